The molecule has 1 aromatic carbocycles. The molecular formula is C22H36O. The Bertz CT molecular complexity index is 556. The van der Waals surface area contributed by atoms with E-state index in [2.05, 4.69) is 68.4 Å². The number of hydrogen-bond acceptors (Lipinski definition) is 1. The second-order valence-corrected chi connectivity index (χ2v) is 8.44. The Kier molecular flexibility index (Phi) is 5.61. The van der Waals surface area contributed by atoms with Crippen LogP contribution in [0.3, 0.4) is 0 Å². The van der Waals surface area contributed by atoms with Crippen molar-refractivity contribution in [2.45, 2.75) is 92.8 Å². The second kappa shape index (κ2) is 6.97. The minimum absolute atomic E-state index is 0.182. The van der Waals surface area contributed by atoms with Crippen molar-refractivity contribution >= 4 is 0 Å². The standard InChI is InChI=1S/C22H36O/c1-12(2)19-10-14(5)16(7)21-18(9)23-17(8)15(6)11-20(13(3)4)22(19)21/h10,12-13,15,17-18,20H,11H2,1-9H3/t15-,17-,18+,20?/m1/s1. The fourth-order valence-corrected chi connectivity index (χ4v) is 4.24. The van der Waals surface area contributed by atoms with Crippen LogP contribution in [-0.2, 0) is 4.74 Å². The lowest BCUT2D eigenvalue weighted by Crippen LogP contribution is -2.29. The van der Waals surface area contributed by atoms with E-state index in [-0.39, 0.29) is 6.10 Å². The summed E-state index contributed by atoms with van der Waals surface area (Å²) in [5.41, 5.74) is 7.46. The van der Waals surface area contributed by atoms with Crippen molar-refractivity contribution in [3.05, 3.63) is 33.9 Å². The van der Waals surface area contributed by atoms with Gasteiger partial charge in [0.1, 0.15) is 0 Å². The summed E-state index contributed by atoms with van der Waals surface area (Å²) >= 11 is 0. The smallest absolute Gasteiger partial charge is 0.0806 e. The molecule has 0 radical (unpaired) electrons. The van der Waals surface area contributed by atoms with Gasteiger partial charge in [-0.3, -0.25) is 0 Å². The molecule has 1 heterocycles. The minimum Gasteiger partial charge on any atom is -0.371 e. The van der Waals surface area contributed by atoms with Crippen LogP contribution >= 0.6 is 0 Å². The van der Waals surface area contributed by atoms with Crippen LogP contribution in [0.1, 0.15) is 101 Å². The fourth-order valence-electron chi connectivity index (χ4n) is 4.24. The Morgan fingerprint density at radius 3 is 2.13 bits per heavy atom. The van der Waals surface area contributed by atoms with Crippen LogP contribution in [0, 0.1) is 25.7 Å². The van der Waals surface area contributed by atoms with E-state index in [0.29, 0.717) is 29.8 Å². The quantitative estimate of drug-likeness (QED) is 0.592. The van der Waals surface area contributed by atoms with Gasteiger partial charge >= 0.3 is 0 Å². The van der Waals surface area contributed by atoms with Gasteiger partial charge in [0.05, 0.1) is 12.2 Å². The van der Waals surface area contributed by atoms with Crippen LogP contribution < -0.4 is 0 Å². The van der Waals surface area contributed by atoms with E-state index in [1.165, 1.54) is 23.1 Å². The van der Waals surface area contributed by atoms with Gasteiger partial charge in [-0.1, -0.05) is 40.7 Å². The highest BCUT2D eigenvalue weighted by Crippen LogP contribution is 2.45. The molecule has 0 bridgehead atoms. The van der Waals surface area contributed by atoms with Gasteiger partial charge in [-0.2, -0.15) is 0 Å². The number of aryl methyl sites for hydroxylation is 1. The summed E-state index contributed by atoms with van der Waals surface area (Å²) in [6.07, 6.45) is 1.73. The maximum absolute atomic E-state index is 6.43. The third kappa shape index (κ3) is 3.50. The predicted octanol–water partition coefficient (Wildman–Crippen LogP) is 6.67. The SMILES string of the molecule is Cc1cc(C(C)C)c2c(c1C)[C@H](C)O[C@H](C)[C@H](C)CC2C(C)C. The molecule has 0 aromatic heterocycles. The number of benzene rings is 1. The third-order valence-corrected chi connectivity index (χ3v) is 6.02. The van der Waals surface area contributed by atoms with E-state index in [4.69, 9.17) is 4.74 Å². The van der Waals surface area contributed by atoms with Crippen LogP contribution in [0.15, 0.2) is 6.07 Å². The average molecular weight is 317 g/mol. The zero-order valence-electron chi connectivity index (χ0n) is 16.7. The zero-order chi connectivity index (χ0) is 17.5. The highest BCUT2D eigenvalue weighted by atomic mass is 16.5. The fraction of sp³-hybridized carbons (Fsp3) is 0.727. The molecule has 2 rings (SSSR count). The summed E-state index contributed by atoms with van der Waals surface area (Å²) in [7, 11) is 0. The molecule has 130 valence electrons. The Hall–Kier alpha value is -0.820. The molecule has 0 saturated carbocycles. The lowest BCUT2D eigenvalue weighted by atomic mass is 9.72. The average Bonchev–Trinajstić information content (AvgIpc) is 2.44. The largest absolute Gasteiger partial charge is 0.371 e. The summed E-state index contributed by atoms with van der Waals surface area (Å²) in [6, 6.07) is 2.44. The molecule has 0 aliphatic carbocycles. The monoisotopic (exact) mass is 316 g/mol. The Balaban J connectivity index is 2.77. The maximum Gasteiger partial charge on any atom is 0.0806 e. The van der Waals surface area contributed by atoms with Crippen molar-refractivity contribution in [2.75, 3.05) is 0 Å². The molecule has 0 amide bonds. The van der Waals surface area contributed by atoms with Gasteiger partial charge in [0, 0.05) is 0 Å². The number of ether oxygens (including phenoxy) is 1. The van der Waals surface area contributed by atoms with E-state index in [1.807, 2.05) is 0 Å². The highest BCUT2D eigenvalue weighted by molar-refractivity contribution is 5.49. The van der Waals surface area contributed by atoms with Gasteiger partial charge in [-0.25, -0.2) is 0 Å². The topological polar surface area (TPSA) is 9.23 Å². The molecule has 0 spiro atoms. The van der Waals surface area contributed by atoms with Crippen molar-refractivity contribution < 1.29 is 4.74 Å². The van der Waals surface area contributed by atoms with Crippen molar-refractivity contribution in [1.29, 1.82) is 0 Å². The molecule has 1 aliphatic heterocycles. The predicted molar refractivity (Wildman–Crippen MR) is 100 cm³/mol. The normalized spacial score (nSPS) is 28.7. The van der Waals surface area contributed by atoms with Crippen LogP contribution in [0.4, 0.5) is 0 Å². The molecule has 0 N–H and O–H groups in total. The van der Waals surface area contributed by atoms with Crippen LogP contribution in [0.25, 0.3) is 0 Å². The van der Waals surface area contributed by atoms with E-state index in [1.54, 1.807) is 11.1 Å². The van der Waals surface area contributed by atoms with Gasteiger partial charge in [0.15, 0.2) is 0 Å². The van der Waals surface area contributed by atoms with E-state index in [9.17, 15) is 0 Å². The molecule has 0 fully saturated rings. The van der Waals surface area contributed by atoms with Gasteiger partial charge in [0.2, 0.25) is 0 Å². The number of rotatable bonds is 2. The van der Waals surface area contributed by atoms with Crippen LogP contribution in [0.2, 0.25) is 0 Å². The van der Waals surface area contributed by atoms with E-state index >= 15 is 0 Å². The third-order valence-electron chi connectivity index (χ3n) is 6.02. The molecular weight excluding hydrogens is 280 g/mol. The first-order valence-electron chi connectivity index (χ1n) is 9.44. The van der Waals surface area contributed by atoms with Crippen molar-refractivity contribution in [2.24, 2.45) is 11.8 Å². The summed E-state index contributed by atoms with van der Waals surface area (Å²) in [4.78, 5) is 0. The molecule has 1 heteroatoms. The molecule has 23 heavy (non-hydrogen) atoms. The van der Waals surface area contributed by atoms with Gasteiger partial charge in [-0.15, -0.1) is 0 Å². The first-order valence-corrected chi connectivity index (χ1v) is 9.44. The molecule has 1 aliphatic rings. The molecule has 1 nitrogen and oxygen atoms in total. The van der Waals surface area contributed by atoms with Gasteiger partial charge in [-0.05, 0) is 85.6 Å². The summed E-state index contributed by atoms with van der Waals surface area (Å²) in [5.74, 6) is 2.45. The Labute approximate surface area is 143 Å². The van der Waals surface area contributed by atoms with Crippen molar-refractivity contribution in [1.82, 2.24) is 0 Å². The first-order chi connectivity index (χ1) is 10.6. The lowest BCUT2D eigenvalue weighted by molar-refractivity contribution is -0.0311. The summed E-state index contributed by atoms with van der Waals surface area (Å²) in [6.45, 7) is 20.8. The Morgan fingerprint density at radius 2 is 1.61 bits per heavy atom. The molecule has 4 atom stereocenters. The van der Waals surface area contributed by atoms with E-state index in [0.717, 1.165) is 0 Å². The van der Waals surface area contributed by atoms with E-state index < -0.39 is 0 Å². The number of hydrogen-bond donors (Lipinski definition) is 0. The van der Waals surface area contributed by atoms with Crippen LogP contribution in [-0.4, -0.2) is 6.10 Å². The van der Waals surface area contributed by atoms with Gasteiger partial charge < -0.3 is 4.74 Å². The minimum atomic E-state index is 0.182. The second-order valence-electron chi connectivity index (χ2n) is 8.44. The van der Waals surface area contributed by atoms with Crippen molar-refractivity contribution in [3.8, 4) is 0 Å². The molecule has 1 aromatic rings. The summed E-state index contributed by atoms with van der Waals surface area (Å²) < 4.78 is 6.43. The number of fused-ring (bicyclic) bond motifs is 1. The highest BCUT2D eigenvalue weighted by Gasteiger charge is 2.33. The first kappa shape index (κ1) is 18.5. The van der Waals surface area contributed by atoms with Crippen LogP contribution in [0.5, 0.6) is 0 Å². The zero-order valence-corrected chi connectivity index (χ0v) is 16.7. The Morgan fingerprint density at radius 1 is 1.00 bits per heavy atom. The summed E-state index contributed by atoms with van der Waals surface area (Å²) in [5, 5.41) is 0. The lowest BCUT2D eigenvalue weighted by Gasteiger charge is -2.38. The maximum atomic E-state index is 6.43. The molecule has 1 unspecified atom stereocenters. The molecule has 0 saturated heterocycles. The van der Waals surface area contributed by atoms with Crippen molar-refractivity contribution in [3.63, 3.8) is 0 Å². The van der Waals surface area contributed by atoms with Gasteiger partial charge in [0.25, 0.3) is 0 Å².